The maximum absolute atomic E-state index is 13.5. The summed E-state index contributed by atoms with van der Waals surface area (Å²) in [4.78, 5) is 2.33. The third kappa shape index (κ3) is 3.52. The lowest BCUT2D eigenvalue weighted by molar-refractivity contribution is 0.147. The molecule has 2 aliphatic rings. The van der Waals surface area contributed by atoms with Crippen molar-refractivity contribution in [3.8, 4) is 0 Å². The Morgan fingerprint density at radius 1 is 1.30 bits per heavy atom. The topological polar surface area (TPSA) is 58.9 Å². The van der Waals surface area contributed by atoms with E-state index in [0.29, 0.717) is 12.6 Å². The molecule has 1 N–H and O–H groups in total. The number of piperazine rings is 1. The van der Waals surface area contributed by atoms with Gasteiger partial charge in [0, 0.05) is 25.7 Å². The molecule has 1 aliphatic carbocycles. The van der Waals surface area contributed by atoms with E-state index in [0.717, 1.165) is 43.9 Å². The van der Waals surface area contributed by atoms with Gasteiger partial charge in [0.05, 0.1) is 12.6 Å². The zero-order valence-corrected chi connectivity index (χ0v) is 13.5. The van der Waals surface area contributed by atoms with Crippen LogP contribution in [0.2, 0.25) is 0 Å². The normalized spacial score (nSPS) is 21.9. The van der Waals surface area contributed by atoms with Crippen LogP contribution in [-0.2, 0) is 6.54 Å². The number of nitrogens with zero attached hydrogens (tertiary/aromatic N) is 5. The molecule has 1 saturated carbocycles. The lowest BCUT2D eigenvalue weighted by Gasteiger charge is -2.36. The van der Waals surface area contributed by atoms with Crippen molar-refractivity contribution in [3.63, 3.8) is 0 Å². The molecule has 1 aromatic carbocycles. The molecule has 1 aliphatic heterocycles. The molecule has 0 amide bonds. The first-order valence-corrected chi connectivity index (χ1v) is 7.78. The van der Waals surface area contributed by atoms with Crippen molar-refractivity contribution in [2.24, 2.45) is 0 Å². The Morgan fingerprint density at radius 2 is 2.17 bits per heavy atom. The Hall–Kier alpha value is -1.57. The first-order valence-electron chi connectivity index (χ1n) is 7.78. The van der Waals surface area contributed by atoms with Crippen LogP contribution in [-0.4, -0.2) is 44.7 Å². The number of rotatable bonds is 4. The van der Waals surface area contributed by atoms with E-state index in [4.69, 9.17) is 0 Å². The fourth-order valence-corrected chi connectivity index (χ4v) is 3.08. The minimum absolute atomic E-state index is 0. The standard InChI is InChI=1S/C15H19FN6.ClH/c16-12-3-1-2-11(8-12)14-9-17-6-7-21(14)10-15-18-19-20-22(15)13-4-5-13;/h1-3,8,13-14,17H,4-7,9-10H2;1H. The molecule has 2 heterocycles. The second kappa shape index (κ2) is 6.90. The number of nitrogens with one attached hydrogen (secondary N) is 1. The molecule has 0 spiro atoms. The SMILES string of the molecule is Cl.Fc1cccc(C2CNCCN2Cc2nnnn2C2CC2)c1. The van der Waals surface area contributed by atoms with E-state index >= 15 is 0 Å². The molecule has 1 aromatic heterocycles. The number of halogens is 2. The van der Waals surface area contributed by atoms with Gasteiger partial charge in [0.2, 0.25) is 0 Å². The van der Waals surface area contributed by atoms with Crippen LogP contribution in [0.3, 0.4) is 0 Å². The van der Waals surface area contributed by atoms with Gasteiger partial charge in [-0.1, -0.05) is 12.1 Å². The third-order valence-electron chi connectivity index (χ3n) is 4.39. The van der Waals surface area contributed by atoms with Gasteiger partial charge in [-0.05, 0) is 41.0 Å². The summed E-state index contributed by atoms with van der Waals surface area (Å²) >= 11 is 0. The zero-order chi connectivity index (χ0) is 14.9. The molecule has 8 heteroatoms. The fourth-order valence-electron chi connectivity index (χ4n) is 3.08. The summed E-state index contributed by atoms with van der Waals surface area (Å²) in [7, 11) is 0. The van der Waals surface area contributed by atoms with Crippen molar-refractivity contribution in [1.82, 2.24) is 30.4 Å². The Balaban J connectivity index is 0.00000156. The minimum atomic E-state index is -0.189. The zero-order valence-electron chi connectivity index (χ0n) is 12.7. The van der Waals surface area contributed by atoms with Crippen molar-refractivity contribution in [1.29, 1.82) is 0 Å². The largest absolute Gasteiger partial charge is 0.314 e. The molecule has 1 saturated heterocycles. The van der Waals surface area contributed by atoms with Crippen molar-refractivity contribution in [3.05, 3.63) is 41.5 Å². The second-order valence-corrected chi connectivity index (χ2v) is 6.02. The van der Waals surface area contributed by atoms with Gasteiger partial charge in [-0.3, -0.25) is 4.90 Å². The molecule has 2 aromatic rings. The van der Waals surface area contributed by atoms with Gasteiger partial charge in [-0.25, -0.2) is 9.07 Å². The van der Waals surface area contributed by atoms with Crippen LogP contribution in [0.5, 0.6) is 0 Å². The van der Waals surface area contributed by atoms with Crippen LogP contribution in [0.25, 0.3) is 0 Å². The van der Waals surface area contributed by atoms with Crippen molar-refractivity contribution < 1.29 is 4.39 Å². The first-order chi connectivity index (χ1) is 10.8. The number of hydrogen-bond donors (Lipinski definition) is 1. The predicted octanol–water partition coefficient (Wildman–Crippen LogP) is 1.72. The predicted molar refractivity (Wildman–Crippen MR) is 85.8 cm³/mol. The van der Waals surface area contributed by atoms with Gasteiger partial charge in [-0.15, -0.1) is 17.5 Å². The highest BCUT2D eigenvalue weighted by molar-refractivity contribution is 5.85. The van der Waals surface area contributed by atoms with E-state index in [9.17, 15) is 4.39 Å². The molecule has 1 atom stereocenters. The van der Waals surface area contributed by atoms with Gasteiger partial charge in [0.25, 0.3) is 0 Å². The number of benzene rings is 1. The minimum Gasteiger partial charge on any atom is -0.314 e. The molecule has 124 valence electrons. The summed E-state index contributed by atoms with van der Waals surface area (Å²) in [6, 6.07) is 7.48. The average Bonchev–Trinajstić information content (AvgIpc) is 3.28. The van der Waals surface area contributed by atoms with Gasteiger partial charge in [0.1, 0.15) is 5.82 Å². The van der Waals surface area contributed by atoms with E-state index in [1.54, 1.807) is 12.1 Å². The highest BCUT2D eigenvalue weighted by Gasteiger charge is 2.30. The second-order valence-electron chi connectivity index (χ2n) is 6.02. The van der Waals surface area contributed by atoms with E-state index in [-0.39, 0.29) is 24.3 Å². The number of aromatic nitrogens is 4. The van der Waals surface area contributed by atoms with Crippen LogP contribution in [0.1, 0.15) is 36.3 Å². The van der Waals surface area contributed by atoms with Crippen molar-refractivity contribution >= 4 is 12.4 Å². The highest BCUT2D eigenvalue weighted by atomic mass is 35.5. The summed E-state index contributed by atoms with van der Waals surface area (Å²) in [6.45, 7) is 3.34. The molecule has 0 bridgehead atoms. The number of tetrazole rings is 1. The van der Waals surface area contributed by atoms with Crippen LogP contribution in [0, 0.1) is 5.82 Å². The molecule has 1 unspecified atom stereocenters. The molecule has 23 heavy (non-hydrogen) atoms. The van der Waals surface area contributed by atoms with Crippen LogP contribution < -0.4 is 5.32 Å². The summed E-state index contributed by atoms with van der Waals surface area (Å²) in [6.07, 6.45) is 2.32. The highest BCUT2D eigenvalue weighted by Crippen LogP contribution is 2.35. The van der Waals surface area contributed by atoms with E-state index in [1.165, 1.54) is 6.07 Å². The summed E-state index contributed by atoms with van der Waals surface area (Å²) < 4.78 is 15.5. The van der Waals surface area contributed by atoms with E-state index in [1.807, 2.05) is 10.7 Å². The molecular weight excluding hydrogens is 319 g/mol. The smallest absolute Gasteiger partial charge is 0.165 e. The van der Waals surface area contributed by atoms with Gasteiger partial charge >= 0.3 is 0 Å². The monoisotopic (exact) mass is 338 g/mol. The van der Waals surface area contributed by atoms with E-state index < -0.39 is 0 Å². The van der Waals surface area contributed by atoms with Crippen LogP contribution in [0.15, 0.2) is 24.3 Å². The third-order valence-corrected chi connectivity index (χ3v) is 4.39. The maximum atomic E-state index is 13.5. The molecule has 0 radical (unpaired) electrons. The van der Waals surface area contributed by atoms with Crippen molar-refractivity contribution in [2.75, 3.05) is 19.6 Å². The summed E-state index contributed by atoms with van der Waals surface area (Å²) in [5.41, 5.74) is 0.998. The lowest BCUT2D eigenvalue weighted by Crippen LogP contribution is -2.45. The molecule has 6 nitrogen and oxygen atoms in total. The van der Waals surface area contributed by atoms with Crippen LogP contribution in [0.4, 0.5) is 4.39 Å². The van der Waals surface area contributed by atoms with Crippen molar-refractivity contribution in [2.45, 2.75) is 31.5 Å². The number of hydrogen-bond acceptors (Lipinski definition) is 5. The van der Waals surface area contributed by atoms with Gasteiger partial charge < -0.3 is 5.32 Å². The Kier molecular flexibility index (Phi) is 4.89. The Labute approximate surface area is 140 Å². The summed E-state index contributed by atoms with van der Waals surface area (Å²) in [5, 5.41) is 15.5. The lowest BCUT2D eigenvalue weighted by atomic mass is 10.0. The average molecular weight is 339 g/mol. The van der Waals surface area contributed by atoms with Crippen LogP contribution >= 0.6 is 12.4 Å². The maximum Gasteiger partial charge on any atom is 0.165 e. The molecule has 2 fully saturated rings. The molecular formula is C15H20ClFN6. The van der Waals surface area contributed by atoms with E-state index in [2.05, 4.69) is 25.7 Å². The van der Waals surface area contributed by atoms with Gasteiger partial charge in [0.15, 0.2) is 5.82 Å². The molecule has 4 rings (SSSR count). The van der Waals surface area contributed by atoms with Gasteiger partial charge in [-0.2, -0.15) is 0 Å². The fraction of sp³-hybridized carbons (Fsp3) is 0.533. The first kappa shape index (κ1) is 16.3. The quantitative estimate of drug-likeness (QED) is 0.919. The Bertz CT molecular complexity index is 659. The Morgan fingerprint density at radius 3 is 2.96 bits per heavy atom. The summed E-state index contributed by atoms with van der Waals surface area (Å²) in [5.74, 6) is 0.719.